The smallest absolute Gasteiger partial charge is 0.211 e. The minimum Gasteiger partial charge on any atom is -0.312 e. The van der Waals surface area contributed by atoms with E-state index in [1.807, 2.05) is 0 Å². The standard InChI is InChI=1S/C13H28N2O2S/c1-6-14-12(13(2,3)4)10-15(18(5,16)17)9-11-7-8-11/h11-12,14H,6-10H2,1-5H3/t12-/m1/s1. The summed E-state index contributed by atoms with van der Waals surface area (Å²) in [6.45, 7) is 10.6. The summed E-state index contributed by atoms with van der Waals surface area (Å²) in [5.41, 5.74) is 0.0580. The molecule has 0 heterocycles. The average Bonchev–Trinajstić information content (AvgIpc) is 2.96. The van der Waals surface area contributed by atoms with Gasteiger partial charge in [-0.15, -0.1) is 0 Å². The molecule has 1 N–H and O–H groups in total. The van der Waals surface area contributed by atoms with Gasteiger partial charge in [0, 0.05) is 19.1 Å². The summed E-state index contributed by atoms with van der Waals surface area (Å²) in [7, 11) is -3.10. The van der Waals surface area contributed by atoms with Crippen LogP contribution in [0, 0.1) is 11.3 Å². The first-order chi connectivity index (χ1) is 8.14. The fraction of sp³-hybridized carbons (Fsp3) is 1.00. The molecular weight excluding hydrogens is 248 g/mol. The Balaban J connectivity index is 2.72. The highest BCUT2D eigenvalue weighted by molar-refractivity contribution is 7.88. The van der Waals surface area contributed by atoms with E-state index in [1.54, 1.807) is 4.31 Å². The molecule has 0 aromatic heterocycles. The van der Waals surface area contributed by atoms with Crippen LogP contribution in [0.2, 0.25) is 0 Å². The molecule has 0 aliphatic heterocycles. The van der Waals surface area contributed by atoms with Crippen LogP contribution < -0.4 is 5.32 Å². The molecule has 1 saturated carbocycles. The zero-order chi connectivity index (χ0) is 14.0. The maximum Gasteiger partial charge on any atom is 0.211 e. The zero-order valence-electron chi connectivity index (χ0n) is 12.4. The van der Waals surface area contributed by atoms with Crippen molar-refractivity contribution < 1.29 is 8.42 Å². The molecule has 0 unspecified atom stereocenters. The number of hydrogen-bond acceptors (Lipinski definition) is 3. The lowest BCUT2D eigenvalue weighted by Crippen LogP contribution is -2.50. The van der Waals surface area contributed by atoms with Gasteiger partial charge in [-0.1, -0.05) is 27.7 Å². The van der Waals surface area contributed by atoms with E-state index in [9.17, 15) is 8.42 Å². The van der Waals surface area contributed by atoms with Gasteiger partial charge < -0.3 is 5.32 Å². The van der Waals surface area contributed by atoms with Crippen LogP contribution in [0.1, 0.15) is 40.5 Å². The van der Waals surface area contributed by atoms with Crippen molar-refractivity contribution in [1.82, 2.24) is 9.62 Å². The molecule has 0 spiro atoms. The van der Waals surface area contributed by atoms with Crippen molar-refractivity contribution in [2.45, 2.75) is 46.6 Å². The van der Waals surface area contributed by atoms with E-state index in [-0.39, 0.29) is 11.5 Å². The molecule has 0 bridgehead atoms. The van der Waals surface area contributed by atoms with Crippen LogP contribution >= 0.6 is 0 Å². The monoisotopic (exact) mass is 276 g/mol. The van der Waals surface area contributed by atoms with Crippen molar-refractivity contribution in [3.05, 3.63) is 0 Å². The summed E-state index contributed by atoms with van der Waals surface area (Å²) >= 11 is 0. The number of nitrogens with one attached hydrogen (secondary N) is 1. The third kappa shape index (κ3) is 5.24. The Hall–Kier alpha value is -0.130. The van der Waals surface area contributed by atoms with Crippen LogP contribution in [-0.2, 0) is 10.0 Å². The van der Waals surface area contributed by atoms with E-state index in [0.29, 0.717) is 19.0 Å². The van der Waals surface area contributed by atoms with Crippen LogP contribution in [-0.4, -0.2) is 44.7 Å². The molecule has 4 nitrogen and oxygen atoms in total. The minimum absolute atomic E-state index is 0.0580. The first-order valence-corrected chi connectivity index (χ1v) is 8.68. The summed E-state index contributed by atoms with van der Waals surface area (Å²) in [6, 6.07) is 0.191. The van der Waals surface area contributed by atoms with Gasteiger partial charge in [0.05, 0.1) is 6.26 Å². The van der Waals surface area contributed by atoms with E-state index in [0.717, 1.165) is 6.54 Å². The van der Waals surface area contributed by atoms with Crippen molar-refractivity contribution in [2.75, 3.05) is 25.9 Å². The first kappa shape index (κ1) is 15.9. The van der Waals surface area contributed by atoms with E-state index >= 15 is 0 Å². The van der Waals surface area contributed by atoms with Gasteiger partial charge in [-0.05, 0) is 30.7 Å². The van der Waals surface area contributed by atoms with Crippen LogP contribution in [0.3, 0.4) is 0 Å². The lowest BCUT2D eigenvalue weighted by atomic mass is 9.86. The lowest BCUT2D eigenvalue weighted by Gasteiger charge is -2.35. The van der Waals surface area contributed by atoms with Gasteiger partial charge in [-0.3, -0.25) is 0 Å². The molecule has 0 radical (unpaired) electrons. The predicted molar refractivity (Wildman–Crippen MR) is 76.1 cm³/mol. The van der Waals surface area contributed by atoms with Gasteiger partial charge >= 0.3 is 0 Å². The predicted octanol–water partition coefficient (Wildman–Crippen LogP) is 1.68. The van der Waals surface area contributed by atoms with Crippen molar-refractivity contribution in [1.29, 1.82) is 0 Å². The maximum absolute atomic E-state index is 11.9. The molecule has 0 saturated heterocycles. The molecule has 1 aliphatic carbocycles. The summed E-state index contributed by atoms with van der Waals surface area (Å²) in [6.07, 6.45) is 3.67. The Labute approximate surface area is 112 Å². The highest BCUT2D eigenvalue weighted by Gasteiger charge is 2.33. The average molecular weight is 276 g/mol. The second-order valence-corrected chi connectivity index (χ2v) is 8.48. The second kappa shape index (κ2) is 5.88. The zero-order valence-corrected chi connectivity index (χ0v) is 13.2. The Morgan fingerprint density at radius 3 is 2.22 bits per heavy atom. The quantitative estimate of drug-likeness (QED) is 0.770. The molecule has 1 fully saturated rings. The number of nitrogens with zero attached hydrogens (tertiary/aromatic N) is 1. The van der Waals surface area contributed by atoms with Gasteiger partial charge in [0.2, 0.25) is 10.0 Å². The highest BCUT2D eigenvalue weighted by Crippen LogP contribution is 2.31. The Kier molecular flexibility index (Phi) is 5.21. The van der Waals surface area contributed by atoms with Gasteiger partial charge in [-0.2, -0.15) is 0 Å². The summed E-state index contributed by atoms with van der Waals surface area (Å²) < 4.78 is 25.4. The largest absolute Gasteiger partial charge is 0.312 e. The van der Waals surface area contributed by atoms with Crippen LogP contribution in [0.25, 0.3) is 0 Å². The molecule has 108 valence electrons. The van der Waals surface area contributed by atoms with E-state index in [2.05, 4.69) is 33.0 Å². The number of sulfonamides is 1. The Bertz CT molecular complexity index is 356. The highest BCUT2D eigenvalue weighted by atomic mass is 32.2. The van der Waals surface area contributed by atoms with Crippen molar-refractivity contribution in [3.63, 3.8) is 0 Å². The summed E-state index contributed by atoms with van der Waals surface area (Å²) in [4.78, 5) is 0. The minimum atomic E-state index is -3.10. The van der Waals surface area contributed by atoms with Gasteiger partial charge in [-0.25, -0.2) is 12.7 Å². The lowest BCUT2D eigenvalue weighted by molar-refractivity contribution is 0.224. The van der Waals surface area contributed by atoms with E-state index in [4.69, 9.17) is 0 Å². The van der Waals surface area contributed by atoms with Crippen LogP contribution in [0.5, 0.6) is 0 Å². The second-order valence-electron chi connectivity index (χ2n) is 6.50. The Morgan fingerprint density at radius 2 is 1.89 bits per heavy atom. The molecule has 0 aromatic carbocycles. The summed E-state index contributed by atoms with van der Waals surface area (Å²) in [5.74, 6) is 0.585. The molecular formula is C13H28N2O2S. The fourth-order valence-corrected chi connectivity index (χ4v) is 2.93. The normalized spacial score (nSPS) is 19.2. The number of rotatable bonds is 7. The van der Waals surface area contributed by atoms with E-state index < -0.39 is 10.0 Å². The van der Waals surface area contributed by atoms with Crippen LogP contribution in [0.15, 0.2) is 0 Å². The molecule has 1 aliphatic rings. The number of likely N-dealkylation sites (N-methyl/N-ethyl adjacent to an activating group) is 1. The van der Waals surface area contributed by atoms with Crippen molar-refractivity contribution >= 4 is 10.0 Å². The third-order valence-corrected chi connectivity index (χ3v) is 4.75. The van der Waals surface area contributed by atoms with Gasteiger partial charge in [0.15, 0.2) is 0 Å². The van der Waals surface area contributed by atoms with Crippen molar-refractivity contribution in [3.8, 4) is 0 Å². The fourth-order valence-electron chi connectivity index (χ4n) is 2.03. The molecule has 1 rings (SSSR count). The first-order valence-electron chi connectivity index (χ1n) is 6.83. The van der Waals surface area contributed by atoms with Gasteiger partial charge in [0.25, 0.3) is 0 Å². The SMILES string of the molecule is CCN[C@H](CN(CC1CC1)S(C)(=O)=O)C(C)(C)C. The molecule has 0 aromatic rings. The number of hydrogen-bond donors (Lipinski definition) is 1. The third-order valence-electron chi connectivity index (χ3n) is 3.51. The van der Waals surface area contributed by atoms with Crippen molar-refractivity contribution in [2.24, 2.45) is 11.3 Å². The topological polar surface area (TPSA) is 49.4 Å². The van der Waals surface area contributed by atoms with E-state index in [1.165, 1.54) is 19.1 Å². The molecule has 18 heavy (non-hydrogen) atoms. The summed E-state index contributed by atoms with van der Waals surface area (Å²) in [5, 5.41) is 3.41. The molecule has 1 atom stereocenters. The molecule has 5 heteroatoms. The van der Waals surface area contributed by atoms with Crippen LogP contribution in [0.4, 0.5) is 0 Å². The maximum atomic E-state index is 11.9. The Morgan fingerprint density at radius 1 is 1.33 bits per heavy atom. The molecule has 0 amide bonds. The van der Waals surface area contributed by atoms with Gasteiger partial charge in [0.1, 0.15) is 0 Å².